The Morgan fingerprint density at radius 2 is 1.73 bits per heavy atom. The van der Waals surface area contributed by atoms with E-state index in [4.69, 9.17) is 32.4 Å². The van der Waals surface area contributed by atoms with Crippen molar-refractivity contribution in [2.24, 2.45) is 0 Å². The van der Waals surface area contributed by atoms with Crippen LogP contribution in [0.1, 0.15) is 5.76 Å². The molecule has 1 fully saturated rings. The Morgan fingerprint density at radius 3 is 2.42 bits per heavy atom. The summed E-state index contributed by atoms with van der Waals surface area (Å²) in [5.41, 5.74) is 0.744. The van der Waals surface area contributed by atoms with Crippen LogP contribution in [0.15, 0.2) is 70.7 Å². The second kappa shape index (κ2) is 9.62. The number of carbonyl (C=O) groups is 3. The van der Waals surface area contributed by atoms with Gasteiger partial charge in [-0.05, 0) is 48.5 Å². The summed E-state index contributed by atoms with van der Waals surface area (Å²) in [5.74, 6) is -0.780. The number of rotatable bonds is 6. The monoisotopic (exact) mass is 484 g/mol. The van der Waals surface area contributed by atoms with E-state index in [2.05, 4.69) is 0 Å². The number of halogens is 2. The van der Waals surface area contributed by atoms with E-state index >= 15 is 0 Å². The fraction of sp³-hybridized carbons (Fsp3) is 0.125. The fourth-order valence-electron chi connectivity index (χ4n) is 3.37. The van der Waals surface area contributed by atoms with Crippen LogP contribution in [0.2, 0.25) is 10.0 Å². The highest BCUT2D eigenvalue weighted by Crippen LogP contribution is 2.33. The lowest BCUT2D eigenvalue weighted by Gasteiger charge is -2.33. The van der Waals surface area contributed by atoms with Gasteiger partial charge in [-0.3, -0.25) is 14.5 Å². The summed E-state index contributed by atoms with van der Waals surface area (Å²) in [5, 5.41) is 0.880. The van der Waals surface area contributed by atoms with Crippen LogP contribution in [0.5, 0.6) is 0 Å². The Bertz CT molecular complexity index is 1250. The Hall–Kier alpha value is -3.39. The smallest absolute Gasteiger partial charge is 0.338 e. The molecule has 1 aliphatic rings. The Kier molecular flexibility index (Phi) is 6.65. The van der Waals surface area contributed by atoms with Gasteiger partial charge in [-0.1, -0.05) is 41.4 Å². The molecule has 0 saturated carbocycles. The average Bonchev–Trinajstić information content (AvgIpc) is 3.26. The number of imide groups is 2. The lowest BCUT2D eigenvalue weighted by Crippen LogP contribution is -2.57. The van der Waals surface area contributed by atoms with E-state index in [1.165, 1.54) is 13.2 Å². The number of amides is 4. The third-order valence-corrected chi connectivity index (χ3v) is 5.52. The largest absolute Gasteiger partial charge is 0.457 e. The molecule has 168 valence electrons. The van der Waals surface area contributed by atoms with Crippen LogP contribution >= 0.6 is 23.2 Å². The number of barbiturate groups is 1. The van der Waals surface area contributed by atoms with Crippen molar-refractivity contribution >= 4 is 52.8 Å². The molecular formula is C24H18Cl2N2O5. The van der Waals surface area contributed by atoms with Crippen molar-refractivity contribution in [1.29, 1.82) is 0 Å². The zero-order chi connectivity index (χ0) is 23.5. The first-order chi connectivity index (χ1) is 15.9. The van der Waals surface area contributed by atoms with Crippen molar-refractivity contribution in [3.63, 3.8) is 0 Å². The van der Waals surface area contributed by atoms with Crippen LogP contribution in [0.3, 0.4) is 0 Å². The summed E-state index contributed by atoms with van der Waals surface area (Å²) in [6.07, 6.45) is 1.32. The summed E-state index contributed by atoms with van der Waals surface area (Å²) in [7, 11) is 1.46. The summed E-state index contributed by atoms with van der Waals surface area (Å²) in [4.78, 5) is 41.2. The van der Waals surface area contributed by atoms with E-state index in [9.17, 15) is 14.4 Å². The van der Waals surface area contributed by atoms with E-state index in [1.807, 2.05) is 0 Å². The SMILES string of the molecule is COCCN1C(=O)/C(=C\c2ccc(-c3ccc(Cl)cc3Cl)o2)C(=O)N(c2ccccc2)C1=O. The number of urea groups is 1. The van der Waals surface area contributed by atoms with Crippen LogP contribution in [0, 0.1) is 0 Å². The van der Waals surface area contributed by atoms with Gasteiger partial charge >= 0.3 is 6.03 Å². The van der Waals surface area contributed by atoms with E-state index < -0.39 is 17.8 Å². The molecular weight excluding hydrogens is 467 g/mol. The minimum Gasteiger partial charge on any atom is -0.457 e. The molecule has 7 nitrogen and oxygen atoms in total. The predicted molar refractivity (Wildman–Crippen MR) is 125 cm³/mol. The molecule has 0 aliphatic carbocycles. The van der Waals surface area contributed by atoms with Crippen LogP contribution in [-0.4, -0.2) is 43.0 Å². The van der Waals surface area contributed by atoms with Crippen molar-refractivity contribution in [2.45, 2.75) is 0 Å². The first-order valence-corrected chi connectivity index (χ1v) is 10.7. The zero-order valence-electron chi connectivity index (χ0n) is 17.5. The van der Waals surface area contributed by atoms with Gasteiger partial charge in [0, 0.05) is 17.7 Å². The number of hydrogen-bond acceptors (Lipinski definition) is 5. The van der Waals surface area contributed by atoms with Gasteiger partial charge in [-0.2, -0.15) is 0 Å². The Balaban J connectivity index is 1.73. The minimum absolute atomic E-state index is 0.00803. The summed E-state index contributed by atoms with van der Waals surface area (Å²) in [6.45, 7) is 0.119. The molecule has 4 rings (SSSR count). The highest BCUT2D eigenvalue weighted by atomic mass is 35.5. The number of ether oxygens (including phenoxy) is 1. The molecule has 1 aliphatic heterocycles. The molecule has 2 heterocycles. The topological polar surface area (TPSA) is 80.1 Å². The third kappa shape index (κ3) is 4.57. The normalized spacial score (nSPS) is 15.6. The van der Waals surface area contributed by atoms with Gasteiger partial charge in [0.1, 0.15) is 17.1 Å². The van der Waals surface area contributed by atoms with Crippen molar-refractivity contribution < 1.29 is 23.5 Å². The van der Waals surface area contributed by atoms with E-state index in [0.717, 1.165) is 9.80 Å². The molecule has 0 unspecified atom stereocenters. The number of benzene rings is 2. The fourth-order valence-corrected chi connectivity index (χ4v) is 3.87. The number of anilines is 1. The number of methoxy groups -OCH3 is 1. The third-order valence-electron chi connectivity index (χ3n) is 4.97. The molecule has 4 amide bonds. The minimum atomic E-state index is -0.743. The number of hydrogen-bond donors (Lipinski definition) is 0. The Morgan fingerprint density at radius 1 is 0.970 bits per heavy atom. The van der Waals surface area contributed by atoms with Crippen LogP contribution in [0.4, 0.5) is 10.5 Å². The molecule has 2 aromatic carbocycles. The molecule has 33 heavy (non-hydrogen) atoms. The molecule has 0 spiro atoms. The van der Waals surface area contributed by atoms with Gasteiger partial charge < -0.3 is 9.15 Å². The maximum Gasteiger partial charge on any atom is 0.338 e. The lowest BCUT2D eigenvalue weighted by molar-refractivity contribution is -0.129. The standard InChI is InChI=1S/C24H18Cl2N2O5/c1-32-12-11-27-22(29)19(23(30)28(24(27)31)16-5-3-2-4-6-16)14-17-8-10-21(33-17)18-9-7-15(25)13-20(18)26/h2-10,13-14H,11-12H2,1H3/b19-14+. The zero-order valence-corrected chi connectivity index (χ0v) is 19.0. The van der Waals surface area contributed by atoms with Crippen molar-refractivity contribution in [3.05, 3.63) is 82.0 Å². The maximum atomic E-state index is 13.2. The van der Waals surface area contributed by atoms with Crippen molar-refractivity contribution in [1.82, 2.24) is 4.90 Å². The summed E-state index contributed by atoms with van der Waals surface area (Å²) >= 11 is 12.2. The van der Waals surface area contributed by atoms with Gasteiger partial charge in [0.15, 0.2) is 0 Å². The van der Waals surface area contributed by atoms with Gasteiger partial charge in [-0.25, -0.2) is 9.69 Å². The van der Waals surface area contributed by atoms with Crippen molar-refractivity contribution in [3.8, 4) is 11.3 Å². The second-order valence-corrected chi connectivity index (χ2v) is 7.94. The van der Waals surface area contributed by atoms with Gasteiger partial charge in [0.05, 0.1) is 23.9 Å². The number of nitrogens with zero attached hydrogens (tertiary/aromatic N) is 2. The van der Waals surface area contributed by atoms with E-state index in [1.54, 1.807) is 60.7 Å². The molecule has 0 N–H and O–H groups in total. The molecule has 0 radical (unpaired) electrons. The van der Waals surface area contributed by atoms with Crippen LogP contribution in [0.25, 0.3) is 17.4 Å². The quantitative estimate of drug-likeness (QED) is 0.351. The first-order valence-electron chi connectivity index (χ1n) is 9.92. The highest BCUT2D eigenvalue weighted by molar-refractivity contribution is 6.39. The predicted octanol–water partition coefficient (Wildman–Crippen LogP) is 5.28. The van der Waals surface area contributed by atoms with Gasteiger partial charge in [0.2, 0.25) is 0 Å². The lowest BCUT2D eigenvalue weighted by atomic mass is 10.1. The van der Waals surface area contributed by atoms with E-state index in [0.29, 0.717) is 27.1 Å². The average molecular weight is 485 g/mol. The summed E-state index contributed by atoms with van der Waals surface area (Å²) in [6, 6.07) is 15.9. The van der Waals surface area contributed by atoms with Crippen LogP contribution < -0.4 is 4.90 Å². The van der Waals surface area contributed by atoms with Crippen molar-refractivity contribution in [2.75, 3.05) is 25.2 Å². The molecule has 1 saturated heterocycles. The van der Waals surface area contributed by atoms with Gasteiger partial charge in [0.25, 0.3) is 11.8 Å². The maximum absolute atomic E-state index is 13.2. The summed E-state index contributed by atoms with van der Waals surface area (Å²) < 4.78 is 10.8. The molecule has 0 atom stereocenters. The first kappa shape index (κ1) is 22.8. The second-order valence-electron chi connectivity index (χ2n) is 7.09. The van der Waals surface area contributed by atoms with Gasteiger partial charge in [-0.15, -0.1) is 0 Å². The molecule has 3 aromatic rings. The number of para-hydroxylation sites is 1. The molecule has 1 aromatic heterocycles. The molecule has 9 heteroatoms. The number of carbonyl (C=O) groups excluding carboxylic acids is 3. The molecule has 0 bridgehead atoms. The van der Waals surface area contributed by atoms with Crippen LogP contribution in [-0.2, 0) is 14.3 Å². The highest BCUT2D eigenvalue weighted by Gasteiger charge is 2.42. The number of furan rings is 1. The van der Waals surface area contributed by atoms with E-state index in [-0.39, 0.29) is 24.5 Å². The Labute approximate surface area is 199 Å².